The number of likely N-dealkylation sites (tertiary alicyclic amines) is 3. The van der Waals surface area contributed by atoms with E-state index < -0.39 is 5.91 Å². The van der Waals surface area contributed by atoms with E-state index in [4.69, 9.17) is 13.1 Å². The molecule has 0 radical (unpaired) electrons. The summed E-state index contributed by atoms with van der Waals surface area (Å²) in [5.74, 6) is -0.838. The van der Waals surface area contributed by atoms with Gasteiger partial charge in [-0.05, 0) is 86.2 Å². The van der Waals surface area contributed by atoms with Crippen molar-refractivity contribution < 1.29 is 9.59 Å². The van der Waals surface area contributed by atoms with E-state index in [-0.39, 0.29) is 34.0 Å². The molecule has 3 saturated heterocycles. The lowest BCUT2D eigenvalue weighted by Gasteiger charge is -2.38. The van der Waals surface area contributed by atoms with Crippen molar-refractivity contribution >= 4 is 11.8 Å². The van der Waals surface area contributed by atoms with Crippen LogP contribution in [0.15, 0.2) is 45.1 Å². The molecule has 3 aliphatic heterocycles. The quantitative estimate of drug-likeness (QED) is 0.232. The van der Waals surface area contributed by atoms with Crippen LogP contribution in [-0.4, -0.2) is 71.8 Å². The number of nitrogens with one attached hydrogen (secondary N) is 1. The van der Waals surface area contributed by atoms with Crippen molar-refractivity contribution in [2.45, 2.75) is 97.9 Å². The van der Waals surface area contributed by atoms with Crippen LogP contribution in [0.5, 0.6) is 0 Å². The van der Waals surface area contributed by atoms with Crippen molar-refractivity contribution in [1.29, 1.82) is 10.5 Å². The second-order valence-corrected chi connectivity index (χ2v) is 15.2. The Morgan fingerprint density at radius 2 is 1.34 bits per heavy atom. The Hall–Kier alpha value is -4.54. The monoisotopic (exact) mass is 634 g/mol. The van der Waals surface area contributed by atoms with Crippen LogP contribution in [0.1, 0.15) is 91.9 Å². The highest BCUT2D eigenvalue weighted by Crippen LogP contribution is 2.46. The van der Waals surface area contributed by atoms with Gasteiger partial charge in [0.2, 0.25) is 11.6 Å². The fourth-order valence-electron chi connectivity index (χ4n) is 8.00. The molecule has 0 aromatic carbocycles. The number of nitrogens with zero attached hydrogens (tertiary/aromatic N) is 7. The van der Waals surface area contributed by atoms with Gasteiger partial charge in [-0.15, -0.1) is 0 Å². The van der Waals surface area contributed by atoms with E-state index in [1.54, 1.807) is 4.90 Å². The lowest BCUT2D eigenvalue weighted by molar-refractivity contribution is -0.128. The Balaban J connectivity index is 1.33. The summed E-state index contributed by atoms with van der Waals surface area (Å²) in [6, 6.07) is 4.27. The van der Waals surface area contributed by atoms with E-state index in [2.05, 4.69) is 64.6 Å². The van der Waals surface area contributed by atoms with Crippen molar-refractivity contribution in [1.82, 2.24) is 20.0 Å². The standard InChI is InChI=1S/C37H46N8O2/c1-36(2)19-26(28(23-38)30(21-36)43-13-7-8-14-43)29(24-39)35(47)45-17-11-25(12-18-45)42-34(46)33(41-6)27-20-37(3,4)22-31(32(27)40-5)44-15-9-10-16-44/h25H,7-22H2,1-4H3,(H,42,46)/b29-26+,33-27-. The van der Waals surface area contributed by atoms with Gasteiger partial charge in [-0.1, -0.05) is 27.7 Å². The van der Waals surface area contributed by atoms with E-state index in [9.17, 15) is 20.1 Å². The average molecular weight is 635 g/mol. The lowest BCUT2D eigenvalue weighted by atomic mass is 9.72. The number of carbonyl (C=O) groups excluding carboxylic acids is 2. The van der Waals surface area contributed by atoms with Gasteiger partial charge in [-0.25, -0.2) is 9.69 Å². The number of hydrogen-bond acceptors (Lipinski definition) is 6. The molecular formula is C37H46N8O2. The van der Waals surface area contributed by atoms with Crippen LogP contribution in [-0.2, 0) is 9.59 Å². The molecule has 5 aliphatic rings. The smallest absolute Gasteiger partial charge is 0.264 e. The van der Waals surface area contributed by atoms with E-state index in [0.29, 0.717) is 61.2 Å². The third kappa shape index (κ3) is 7.08. The third-order valence-electron chi connectivity index (χ3n) is 10.3. The van der Waals surface area contributed by atoms with Crippen molar-refractivity contribution in [2.24, 2.45) is 10.8 Å². The minimum absolute atomic E-state index is 0.0139. The molecule has 10 nitrogen and oxygen atoms in total. The molecule has 5 rings (SSSR count). The highest BCUT2D eigenvalue weighted by Gasteiger charge is 2.39. The van der Waals surface area contributed by atoms with Crippen molar-refractivity contribution in [3.05, 3.63) is 67.9 Å². The molecule has 2 amide bonds. The number of allylic oxidation sites excluding steroid dienone is 5. The number of piperidine rings is 1. The highest BCUT2D eigenvalue weighted by molar-refractivity contribution is 5.99. The summed E-state index contributed by atoms with van der Waals surface area (Å²) >= 11 is 0. The minimum atomic E-state index is -0.470. The molecule has 0 atom stereocenters. The second-order valence-electron chi connectivity index (χ2n) is 15.2. The maximum absolute atomic E-state index is 13.8. The minimum Gasteiger partial charge on any atom is -0.384 e. The fraction of sp³-hybridized carbons (Fsp3) is 0.622. The highest BCUT2D eigenvalue weighted by atomic mass is 16.2. The molecule has 2 aliphatic carbocycles. The van der Waals surface area contributed by atoms with Crippen molar-refractivity contribution in [3.63, 3.8) is 0 Å². The SMILES string of the molecule is [C-]#[N+]C1=C(N2CCCC2)CC(C)(C)C/C1=C(/[N+]#[C-])C(=O)NC1CCN(C(=O)/C(C#N)=C2\CC(C)(C)CC(N3CCCC3)=C2C#N)CC1. The van der Waals surface area contributed by atoms with Crippen LogP contribution >= 0.6 is 0 Å². The van der Waals surface area contributed by atoms with E-state index in [0.717, 1.165) is 76.1 Å². The summed E-state index contributed by atoms with van der Waals surface area (Å²) in [5.41, 5.74) is 3.58. The molecule has 1 N–H and O–H groups in total. The molecule has 3 heterocycles. The first kappa shape index (κ1) is 33.8. The summed E-state index contributed by atoms with van der Waals surface area (Å²) in [6.45, 7) is 28.7. The number of hydrogen-bond donors (Lipinski definition) is 1. The number of nitriles is 2. The van der Waals surface area contributed by atoms with E-state index in [1.165, 1.54) is 0 Å². The first-order valence-electron chi connectivity index (χ1n) is 17.0. The Morgan fingerprint density at radius 1 is 0.809 bits per heavy atom. The Morgan fingerprint density at radius 3 is 1.85 bits per heavy atom. The Kier molecular flexibility index (Phi) is 9.84. The van der Waals surface area contributed by atoms with E-state index >= 15 is 0 Å². The summed E-state index contributed by atoms with van der Waals surface area (Å²) in [4.78, 5) is 41.1. The lowest BCUT2D eigenvalue weighted by Crippen LogP contribution is -2.47. The predicted octanol–water partition coefficient (Wildman–Crippen LogP) is 5.83. The predicted molar refractivity (Wildman–Crippen MR) is 178 cm³/mol. The van der Waals surface area contributed by atoms with Crippen molar-refractivity contribution in [3.8, 4) is 12.1 Å². The molecule has 47 heavy (non-hydrogen) atoms. The van der Waals surface area contributed by atoms with Gasteiger partial charge in [-0.3, -0.25) is 9.59 Å². The molecule has 0 spiro atoms. The molecule has 10 heteroatoms. The molecule has 0 aromatic heterocycles. The van der Waals surface area contributed by atoms with Gasteiger partial charge in [0, 0.05) is 56.7 Å². The topological polar surface area (TPSA) is 112 Å². The molecule has 3 fully saturated rings. The van der Waals surface area contributed by atoms with Crippen LogP contribution < -0.4 is 5.32 Å². The van der Waals surface area contributed by atoms with Gasteiger partial charge in [-0.2, -0.15) is 10.5 Å². The summed E-state index contributed by atoms with van der Waals surface area (Å²) < 4.78 is 0. The van der Waals surface area contributed by atoms with Gasteiger partial charge in [0.1, 0.15) is 17.7 Å². The average Bonchev–Trinajstić information content (AvgIpc) is 3.76. The van der Waals surface area contributed by atoms with E-state index in [1.807, 2.05) is 0 Å². The van der Waals surface area contributed by atoms with Gasteiger partial charge < -0.3 is 20.0 Å². The van der Waals surface area contributed by atoms with Crippen LogP contribution in [0.25, 0.3) is 9.69 Å². The zero-order chi connectivity index (χ0) is 33.9. The molecular weight excluding hydrogens is 588 g/mol. The molecule has 0 bridgehead atoms. The summed E-state index contributed by atoms with van der Waals surface area (Å²) in [5, 5.41) is 23.5. The molecule has 246 valence electrons. The maximum Gasteiger partial charge on any atom is 0.264 e. The van der Waals surface area contributed by atoms with Gasteiger partial charge in [0.05, 0.1) is 18.7 Å². The van der Waals surface area contributed by atoms with Gasteiger partial charge in [0.15, 0.2) is 5.70 Å². The Bertz CT molecular complexity index is 1610. The number of rotatable bonds is 5. The Labute approximate surface area is 279 Å². The first-order chi connectivity index (χ1) is 22.4. The van der Waals surface area contributed by atoms with Gasteiger partial charge >= 0.3 is 0 Å². The molecule has 0 aromatic rings. The summed E-state index contributed by atoms with van der Waals surface area (Å²) in [6.07, 6.45) is 7.71. The zero-order valence-electron chi connectivity index (χ0n) is 28.3. The zero-order valence-corrected chi connectivity index (χ0v) is 28.3. The first-order valence-corrected chi connectivity index (χ1v) is 17.0. The van der Waals surface area contributed by atoms with Crippen molar-refractivity contribution in [2.75, 3.05) is 39.3 Å². The van der Waals surface area contributed by atoms with Crippen LogP contribution in [0.4, 0.5) is 0 Å². The molecule has 0 unspecified atom stereocenters. The summed E-state index contributed by atoms with van der Waals surface area (Å²) in [7, 11) is 0. The largest absolute Gasteiger partial charge is 0.384 e. The van der Waals surface area contributed by atoms with Crippen LogP contribution in [0.3, 0.4) is 0 Å². The van der Waals surface area contributed by atoms with Crippen LogP contribution in [0.2, 0.25) is 0 Å². The maximum atomic E-state index is 13.8. The second kappa shape index (κ2) is 13.7. The number of amides is 2. The van der Waals surface area contributed by atoms with Gasteiger partial charge in [0.25, 0.3) is 5.91 Å². The fourth-order valence-corrected chi connectivity index (χ4v) is 8.00. The van der Waals surface area contributed by atoms with Crippen LogP contribution in [0, 0.1) is 46.6 Å². The normalized spacial score (nSPS) is 25.1. The third-order valence-corrected chi connectivity index (χ3v) is 10.3. The number of carbonyl (C=O) groups is 2. The molecule has 0 saturated carbocycles.